The first-order valence-electron chi connectivity index (χ1n) is 9.15. The Morgan fingerprint density at radius 1 is 1.28 bits per heavy atom. The highest BCUT2D eigenvalue weighted by molar-refractivity contribution is 6.06. The van der Waals surface area contributed by atoms with Gasteiger partial charge < -0.3 is 0 Å². The Bertz CT molecular complexity index is 780. The van der Waals surface area contributed by atoms with Crippen molar-refractivity contribution in [3.05, 3.63) is 60.2 Å². The van der Waals surface area contributed by atoms with E-state index in [1.54, 1.807) is 0 Å². The van der Waals surface area contributed by atoms with Gasteiger partial charge in [0.25, 0.3) is 0 Å². The van der Waals surface area contributed by atoms with Crippen molar-refractivity contribution < 1.29 is 9.59 Å². The molecule has 1 heterocycles. The van der Waals surface area contributed by atoms with Crippen LogP contribution in [0.3, 0.4) is 0 Å². The fraction of sp³-hybridized carbons (Fsp3) is 0.455. The van der Waals surface area contributed by atoms with Crippen molar-refractivity contribution in [1.82, 2.24) is 4.90 Å². The van der Waals surface area contributed by atoms with Crippen LogP contribution in [0.25, 0.3) is 0 Å². The molecular formula is C22H25NO2. The van der Waals surface area contributed by atoms with Crippen molar-refractivity contribution >= 4 is 11.8 Å². The zero-order valence-electron chi connectivity index (χ0n) is 14.9. The molecule has 1 saturated carbocycles. The van der Waals surface area contributed by atoms with E-state index < -0.39 is 0 Å². The van der Waals surface area contributed by atoms with Crippen molar-refractivity contribution in [2.45, 2.75) is 33.2 Å². The van der Waals surface area contributed by atoms with Gasteiger partial charge in [0.2, 0.25) is 11.8 Å². The second-order valence-electron chi connectivity index (χ2n) is 8.17. The van der Waals surface area contributed by atoms with Gasteiger partial charge >= 0.3 is 0 Å². The highest BCUT2D eigenvalue weighted by Crippen LogP contribution is 2.58. The molecule has 25 heavy (non-hydrogen) atoms. The number of allylic oxidation sites excluding steroid dienone is 3. The Morgan fingerprint density at radius 2 is 2.04 bits per heavy atom. The lowest BCUT2D eigenvalue weighted by Gasteiger charge is -2.37. The van der Waals surface area contributed by atoms with Gasteiger partial charge in [-0.2, -0.15) is 0 Å². The van der Waals surface area contributed by atoms with Crippen LogP contribution in [0.1, 0.15) is 30.9 Å². The third kappa shape index (κ3) is 2.40. The molecule has 3 aliphatic rings. The van der Waals surface area contributed by atoms with Gasteiger partial charge in [-0.15, -0.1) is 6.58 Å². The predicted molar refractivity (Wildman–Crippen MR) is 97.4 cm³/mol. The number of imide groups is 1. The maximum atomic E-state index is 13.2. The number of aryl methyl sites for hydroxylation is 1. The predicted octanol–water partition coefficient (Wildman–Crippen LogP) is 3.88. The van der Waals surface area contributed by atoms with E-state index in [0.29, 0.717) is 6.54 Å². The lowest BCUT2D eigenvalue weighted by atomic mass is 9.67. The first-order valence-corrected chi connectivity index (χ1v) is 9.15. The Labute approximate surface area is 149 Å². The summed E-state index contributed by atoms with van der Waals surface area (Å²) in [6, 6.07) is 8.05. The van der Waals surface area contributed by atoms with E-state index in [0.717, 1.165) is 24.0 Å². The molecular weight excluding hydrogens is 310 g/mol. The van der Waals surface area contributed by atoms with Gasteiger partial charge in [-0.05, 0) is 42.6 Å². The van der Waals surface area contributed by atoms with Crippen molar-refractivity contribution in [2.75, 3.05) is 0 Å². The molecule has 4 rings (SSSR count). The Kier molecular flexibility index (Phi) is 3.71. The average molecular weight is 335 g/mol. The Balaban J connectivity index is 1.64. The molecule has 2 amide bonds. The van der Waals surface area contributed by atoms with E-state index in [1.807, 2.05) is 31.2 Å². The zero-order valence-corrected chi connectivity index (χ0v) is 14.9. The quantitative estimate of drug-likeness (QED) is 0.618. The minimum absolute atomic E-state index is 0.0245. The van der Waals surface area contributed by atoms with Crippen LogP contribution in [-0.4, -0.2) is 16.7 Å². The molecule has 2 aliphatic carbocycles. The Morgan fingerprint density at radius 3 is 2.76 bits per heavy atom. The summed E-state index contributed by atoms with van der Waals surface area (Å²) >= 11 is 0. The standard InChI is InChI=1S/C22H25NO2/c1-4-9-22(3)10-8-16-12-17(22)19-18(16)20(24)23(21(19)25)13-15-7-5-6-14(2)11-15/h4-8,10-11,16-19H,1,9,12-13H2,2-3H3. The molecule has 2 bridgehead atoms. The first-order chi connectivity index (χ1) is 11.9. The minimum atomic E-state index is -0.165. The molecule has 1 saturated heterocycles. The van der Waals surface area contributed by atoms with Crippen molar-refractivity contribution in [1.29, 1.82) is 0 Å². The van der Waals surface area contributed by atoms with Crippen LogP contribution in [0.15, 0.2) is 49.1 Å². The first kappa shape index (κ1) is 16.3. The van der Waals surface area contributed by atoms with Crippen LogP contribution >= 0.6 is 0 Å². The van der Waals surface area contributed by atoms with Gasteiger partial charge in [0.05, 0.1) is 18.4 Å². The van der Waals surface area contributed by atoms with E-state index >= 15 is 0 Å². The van der Waals surface area contributed by atoms with Crippen molar-refractivity contribution in [2.24, 2.45) is 29.1 Å². The van der Waals surface area contributed by atoms with Gasteiger partial charge in [-0.3, -0.25) is 14.5 Å². The lowest BCUT2D eigenvalue weighted by molar-refractivity contribution is -0.142. The highest BCUT2D eigenvalue weighted by atomic mass is 16.2. The largest absolute Gasteiger partial charge is 0.278 e. The summed E-state index contributed by atoms with van der Waals surface area (Å²) in [5, 5.41) is 0. The molecule has 0 radical (unpaired) electrons. The molecule has 130 valence electrons. The molecule has 2 fully saturated rings. The number of rotatable bonds is 4. The van der Waals surface area contributed by atoms with Crippen LogP contribution in [0.5, 0.6) is 0 Å². The highest BCUT2D eigenvalue weighted by Gasteiger charge is 2.62. The summed E-state index contributed by atoms with van der Waals surface area (Å²) in [4.78, 5) is 27.7. The molecule has 1 aliphatic heterocycles. The molecule has 1 aromatic carbocycles. The third-order valence-electron chi connectivity index (χ3n) is 6.49. The molecule has 0 N–H and O–H groups in total. The number of hydrogen-bond donors (Lipinski definition) is 0. The summed E-state index contributed by atoms with van der Waals surface area (Å²) in [7, 11) is 0. The molecule has 0 spiro atoms. The lowest BCUT2D eigenvalue weighted by Crippen LogP contribution is -2.37. The normalized spacial score (nSPS) is 36.0. The number of nitrogens with zero attached hydrogens (tertiary/aromatic N) is 1. The maximum Gasteiger partial charge on any atom is 0.234 e. The number of fused-ring (bicyclic) bond motifs is 5. The van der Waals surface area contributed by atoms with E-state index in [-0.39, 0.29) is 40.9 Å². The van der Waals surface area contributed by atoms with Crippen LogP contribution < -0.4 is 0 Å². The molecule has 3 heteroatoms. The number of carbonyl (C=O) groups excluding carboxylic acids is 2. The van der Waals surface area contributed by atoms with Gasteiger partial charge in [0.1, 0.15) is 0 Å². The van der Waals surface area contributed by atoms with Gasteiger partial charge in [0, 0.05) is 0 Å². The number of amides is 2. The van der Waals surface area contributed by atoms with Gasteiger partial charge in [-0.1, -0.05) is 55.0 Å². The zero-order chi connectivity index (χ0) is 17.8. The Hall–Kier alpha value is -2.16. The monoisotopic (exact) mass is 335 g/mol. The number of carbonyl (C=O) groups is 2. The summed E-state index contributed by atoms with van der Waals surface area (Å²) < 4.78 is 0. The minimum Gasteiger partial charge on any atom is -0.278 e. The van der Waals surface area contributed by atoms with Crippen LogP contribution in [0, 0.1) is 36.0 Å². The van der Waals surface area contributed by atoms with Crippen LogP contribution in [0.4, 0.5) is 0 Å². The van der Waals surface area contributed by atoms with Gasteiger partial charge in [0.15, 0.2) is 0 Å². The van der Waals surface area contributed by atoms with Crippen LogP contribution in [-0.2, 0) is 16.1 Å². The fourth-order valence-corrected chi connectivity index (χ4v) is 5.26. The number of likely N-dealkylation sites (tertiary alicyclic amines) is 1. The summed E-state index contributed by atoms with van der Waals surface area (Å²) in [6.07, 6.45) is 8.16. The molecule has 5 unspecified atom stereocenters. The summed E-state index contributed by atoms with van der Waals surface area (Å²) in [5.74, 6) is 0.184. The number of benzene rings is 1. The second kappa shape index (κ2) is 5.69. The fourth-order valence-electron chi connectivity index (χ4n) is 5.26. The summed E-state index contributed by atoms with van der Waals surface area (Å²) in [6.45, 7) is 8.51. The molecule has 0 aromatic heterocycles. The van der Waals surface area contributed by atoms with E-state index in [1.165, 1.54) is 4.90 Å². The molecule has 1 aromatic rings. The second-order valence-corrected chi connectivity index (χ2v) is 8.17. The van der Waals surface area contributed by atoms with Crippen molar-refractivity contribution in [3.8, 4) is 0 Å². The average Bonchev–Trinajstić information content (AvgIpc) is 3.03. The van der Waals surface area contributed by atoms with E-state index in [4.69, 9.17) is 0 Å². The van der Waals surface area contributed by atoms with E-state index in [2.05, 4.69) is 31.7 Å². The third-order valence-corrected chi connectivity index (χ3v) is 6.49. The topological polar surface area (TPSA) is 37.4 Å². The van der Waals surface area contributed by atoms with Gasteiger partial charge in [-0.25, -0.2) is 0 Å². The number of hydrogen-bond acceptors (Lipinski definition) is 2. The van der Waals surface area contributed by atoms with Crippen LogP contribution in [0.2, 0.25) is 0 Å². The molecule has 3 nitrogen and oxygen atoms in total. The SMILES string of the molecule is C=CCC1(C)C=CC2CC1C1C(=O)N(Cc3cccc(C)c3)C(=O)C21. The van der Waals surface area contributed by atoms with Crippen molar-refractivity contribution in [3.63, 3.8) is 0 Å². The van der Waals surface area contributed by atoms with E-state index in [9.17, 15) is 9.59 Å². The maximum absolute atomic E-state index is 13.2. The smallest absolute Gasteiger partial charge is 0.234 e. The summed E-state index contributed by atoms with van der Waals surface area (Å²) in [5.41, 5.74) is 2.11. The molecule has 5 atom stereocenters.